The van der Waals surface area contributed by atoms with E-state index >= 15 is 0 Å². The van der Waals surface area contributed by atoms with Crippen LogP contribution in [0, 0.1) is 13.8 Å². The van der Waals surface area contributed by atoms with E-state index in [0.717, 1.165) is 16.7 Å². The summed E-state index contributed by atoms with van der Waals surface area (Å²) in [5, 5.41) is 0. The van der Waals surface area contributed by atoms with E-state index in [1.165, 1.54) is 5.56 Å². The van der Waals surface area contributed by atoms with Crippen LogP contribution < -0.4 is 5.73 Å². The topological polar surface area (TPSA) is 38.9 Å². The van der Waals surface area contributed by atoms with Gasteiger partial charge in [-0.15, -0.1) is 0 Å². The molecule has 2 heteroatoms. The van der Waals surface area contributed by atoms with Gasteiger partial charge in [-0.2, -0.15) is 0 Å². The zero-order valence-corrected chi connectivity index (χ0v) is 8.99. The maximum Gasteiger partial charge on any atom is 0.131 e. The van der Waals surface area contributed by atoms with Crippen molar-refractivity contribution in [2.75, 3.05) is 5.73 Å². The molecular weight excluding hydrogens is 184 g/mol. The molecule has 0 bridgehead atoms. The van der Waals surface area contributed by atoms with Gasteiger partial charge >= 0.3 is 0 Å². The van der Waals surface area contributed by atoms with E-state index < -0.39 is 0 Å². The first-order valence-corrected chi connectivity index (χ1v) is 4.96. The Bertz CT molecular complexity index is 472. The minimum absolute atomic E-state index is 0.587. The second-order valence-corrected chi connectivity index (χ2v) is 3.81. The van der Waals surface area contributed by atoms with Crippen LogP contribution in [0.2, 0.25) is 0 Å². The number of nitrogens with zero attached hydrogens (tertiary/aromatic N) is 1. The summed E-state index contributed by atoms with van der Waals surface area (Å²) in [6, 6.07) is 10.4. The molecule has 0 fully saturated rings. The molecule has 0 aliphatic heterocycles. The highest BCUT2D eigenvalue weighted by atomic mass is 14.8. The summed E-state index contributed by atoms with van der Waals surface area (Å²) in [6.07, 6.45) is 1.78. The van der Waals surface area contributed by atoms with Gasteiger partial charge < -0.3 is 5.73 Å². The number of aromatic nitrogens is 1. The fourth-order valence-corrected chi connectivity index (χ4v) is 1.54. The highest BCUT2D eigenvalue weighted by Crippen LogP contribution is 2.25. The molecule has 76 valence electrons. The van der Waals surface area contributed by atoms with Gasteiger partial charge in [-0.1, -0.05) is 29.8 Å². The van der Waals surface area contributed by atoms with Gasteiger partial charge in [0, 0.05) is 11.8 Å². The largest absolute Gasteiger partial charge is 0.383 e. The van der Waals surface area contributed by atoms with Crippen molar-refractivity contribution in [3.05, 3.63) is 47.7 Å². The third-order valence-corrected chi connectivity index (χ3v) is 2.42. The number of anilines is 1. The van der Waals surface area contributed by atoms with Gasteiger partial charge in [-0.05, 0) is 31.0 Å². The van der Waals surface area contributed by atoms with E-state index in [4.69, 9.17) is 5.73 Å². The SMILES string of the molecule is Cc1ccc(-c2cc(C)cnc2N)cc1. The quantitative estimate of drug-likeness (QED) is 0.765. The van der Waals surface area contributed by atoms with Crippen molar-refractivity contribution in [3.8, 4) is 11.1 Å². The van der Waals surface area contributed by atoms with Crippen LogP contribution in [0.3, 0.4) is 0 Å². The molecule has 2 nitrogen and oxygen atoms in total. The van der Waals surface area contributed by atoms with Gasteiger partial charge in [0.05, 0.1) is 0 Å². The highest BCUT2D eigenvalue weighted by Gasteiger charge is 2.03. The minimum atomic E-state index is 0.587. The Hall–Kier alpha value is -1.83. The first kappa shape index (κ1) is 9.71. The van der Waals surface area contributed by atoms with E-state index in [0.29, 0.717) is 5.82 Å². The Kier molecular flexibility index (Phi) is 2.42. The highest BCUT2D eigenvalue weighted by molar-refractivity contribution is 5.74. The lowest BCUT2D eigenvalue weighted by Gasteiger charge is -2.06. The molecule has 0 aliphatic rings. The normalized spacial score (nSPS) is 10.3. The molecule has 2 rings (SSSR count). The molecule has 15 heavy (non-hydrogen) atoms. The molecule has 0 unspecified atom stereocenters. The van der Waals surface area contributed by atoms with E-state index in [9.17, 15) is 0 Å². The zero-order chi connectivity index (χ0) is 10.8. The average molecular weight is 198 g/mol. The Morgan fingerprint density at radius 3 is 2.33 bits per heavy atom. The molecular formula is C13H14N2. The Balaban J connectivity index is 2.53. The molecule has 1 aromatic heterocycles. The average Bonchev–Trinajstić information content (AvgIpc) is 2.23. The van der Waals surface area contributed by atoms with Crippen molar-refractivity contribution in [1.82, 2.24) is 4.98 Å². The Labute approximate surface area is 89.8 Å². The van der Waals surface area contributed by atoms with Gasteiger partial charge in [0.2, 0.25) is 0 Å². The molecule has 0 radical (unpaired) electrons. The van der Waals surface area contributed by atoms with Crippen molar-refractivity contribution in [2.45, 2.75) is 13.8 Å². The lowest BCUT2D eigenvalue weighted by Crippen LogP contribution is -1.94. The number of hydrogen-bond acceptors (Lipinski definition) is 2. The van der Waals surface area contributed by atoms with Crippen LogP contribution in [-0.4, -0.2) is 4.98 Å². The monoisotopic (exact) mass is 198 g/mol. The predicted octanol–water partition coefficient (Wildman–Crippen LogP) is 2.95. The number of nitrogen functional groups attached to an aromatic ring is 1. The van der Waals surface area contributed by atoms with Gasteiger partial charge in [0.1, 0.15) is 5.82 Å². The van der Waals surface area contributed by atoms with Crippen LogP contribution >= 0.6 is 0 Å². The lowest BCUT2D eigenvalue weighted by atomic mass is 10.0. The summed E-state index contributed by atoms with van der Waals surface area (Å²) >= 11 is 0. The summed E-state index contributed by atoms with van der Waals surface area (Å²) < 4.78 is 0. The van der Waals surface area contributed by atoms with E-state index in [1.54, 1.807) is 6.20 Å². The fourth-order valence-electron chi connectivity index (χ4n) is 1.54. The summed E-state index contributed by atoms with van der Waals surface area (Å²) in [5.41, 5.74) is 10.4. The number of pyridine rings is 1. The predicted molar refractivity (Wildman–Crippen MR) is 63.6 cm³/mol. The van der Waals surface area contributed by atoms with Gasteiger partial charge in [-0.25, -0.2) is 4.98 Å². The van der Waals surface area contributed by atoms with Crippen LogP contribution in [0.5, 0.6) is 0 Å². The molecule has 0 spiro atoms. The first-order valence-electron chi connectivity index (χ1n) is 4.96. The fraction of sp³-hybridized carbons (Fsp3) is 0.154. The third kappa shape index (κ3) is 1.99. The molecule has 2 aromatic rings. The van der Waals surface area contributed by atoms with Crippen LogP contribution in [0.1, 0.15) is 11.1 Å². The van der Waals surface area contributed by atoms with Crippen molar-refractivity contribution < 1.29 is 0 Å². The van der Waals surface area contributed by atoms with Gasteiger partial charge in [-0.3, -0.25) is 0 Å². The number of benzene rings is 1. The van der Waals surface area contributed by atoms with Crippen molar-refractivity contribution in [2.24, 2.45) is 0 Å². The number of aryl methyl sites for hydroxylation is 2. The van der Waals surface area contributed by atoms with E-state index in [2.05, 4.69) is 42.2 Å². The van der Waals surface area contributed by atoms with E-state index in [-0.39, 0.29) is 0 Å². The smallest absolute Gasteiger partial charge is 0.131 e. The summed E-state index contributed by atoms with van der Waals surface area (Å²) in [5.74, 6) is 0.587. The molecule has 0 saturated carbocycles. The van der Waals surface area contributed by atoms with E-state index in [1.807, 2.05) is 6.92 Å². The second-order valence-electron chi connectivity index (χ2n) is 3.81. The molecule has 1 heterocycles. The Morgan fingerprint density at radius 1 is 1.00 bits per heavy atom. The summed E-state index contributed by atoms with van der Waals surface area (Å²) in [6.45, 7) is 4.09. The van der Waals surface area contributed by atoms with Crippen LogP contribution in [-0.2, 0) is 0 Å². The van der Waals surface area contributed by atoms with Crippen molar-refractivity contribution >= 4 is 5.82 Å². The first-order chi connectivity index (χ1) is 7.16. The minimum Gasteiger partial charge on any atom is -0.383 e. The Morgan fingerprint density at radius 2 is 1.67 bits per heavy atom. The molecule has 2 N–H and O–H groups in total. The lowest BCUT2D eigenvalue weighted by molar-refractivity contribution is 1.28. The van der Waals surface area contributed by atoms with Gasteiger partial charge in [0.25, 0.3) is 0 Å². The molecule has 1 aromatic carbocycles. The maximum atomic E-state index is 5.85. The number of rotatable bonds is 1. The second kappa shape index (κ2) is 3.73. The molecule has 0 amide bonds. The van der Waals surface area contributed by atoms with Gasteiger partial charge in [0.15, 0.2) is 0 Å². The molecule has 0 saturated heterocycles. The standard InChI is InChI=1S/C13H14N2/c1-9-3-5-11(6-4-9)12-7-10(2)8-15-13(12)14/h3-8H,1-2H3,(H2,14,15). The number of hydrogen-bond donors (Lipinski definition) is 1. The van der Waals surface area contributed by atoms with Crippen molar-refractivity contribution in [3.63, 3.8) is 0 Å². The van der Waals surface area contributed by atoms with Crippen LogP contribution in [0.25, 0.3) is 11.1 Å². The molecule has 0 aliphatic carbocycles. The third-order valence-electron chi connectivity index (χ3n) is 2.42. The summed E-state index contributed by atoms with van der Waals surface area (Å²) in [4.78, 5) is 4.16. The summed E-state index contributed by atoms with van der Waals surface area (Å²) in [7, 11) is 0. The van der Waals surface area contributed by atoms with Crippen LogP contribution in [0.15, 0.2) is 36.5 Å². The number of nitrogens with two attached hydrogens (primary N) is 1. The zero-order valence-electron chi connectivity index (χ0n) is 8.99. The van der Waals surface area contributed by atoms with Crippen molar-refractivity contribution in [1.29, 1.82) is 0 Å². The molecule has 0 atom stereocenters. The maximum absolute atomic E-state index is 5.85. The van der Waals surface area contributed by atoms with Crippen LogP contribution in [0.4, 0.5) is 5.82 Å².